The van der Waals surface area contributed by atoms with Gasteiger partial charge in [0, 0.05) is 31.8 Å². The van der Waals surface area contributed by atoms with Gasteiger partial charge >= 0.3 is 0 Å². The fraction of sp³-hybridized carbons (Fsp3) is 0.588. The van der Waals surface area contributed by atoms with Crippen molar-refractivity contribution >= 4 is 29.0 Å². The average molecular weight is 335 g/mol. The zero-order chi connectivity index (χ0) is 18.3. The minimum atomic E-state index is -0.460. The molecule has 0 aromatic heterocycles. The van der Waals surface area contributed by atoms with E-state index in [1.54, 1.807) is 13.8 Å². The maximum Gasteiger partial charge on any atom is 0.222 e. The number of rotatable bonds is 8. The number of carbonyl (C=O) groups excluding carboxylic acids is 4. The number of aliphatic imine (C=N–C) groups is 1. The lowest BCUT2D eigenvalue weighted by molar-refractivity contribution is -0.125. The third-order valence-electron chi connectivity index (χ3n) is 3.78. The van der Waals surface area contributed by atoms with Gasteiger partial charge in [-0.05, 0) is 19.8 Å². The summed E-state index contributed by atoms with van der Waals surface area (Å²) in [5.74, 6) is -0.815. The van der Waals surface area contributed by atoms with Gasteiger partial charge in [0.15, 0.2) is 17.3 Å². The van der Waals surface area contributed by atoms with Crippen molar-refractivity contribution in [3.8, 4) is 0 Å². The first kappa shape index (κ1) is 19.7. The predicted molar refractivity (Wildman–Crippen MR) is 90.6 cm³/mol. The van der Waals surface area contributed by atoms with Crippen LogP contribution < -0.4 is 11.1 Å². The molecule has 24 heavy (non-hydrogen) atoms. The Balaban J connectivity index is 2.83. The van der Waals surface area contributed by atoms with Gasteiger partial charge in [0.25, 0.3) is 0 Å². The van der Waals surface area contributed by atoms with E-state index in [4.69, 9.17) is 5.73 Å². The van der Waals surface area contributed by atoms with E-state index in [-0.39, 0.29) is 47.6 Å². The van der Waals surface area contributed by atoms with Crippen molar-refractivity contribution in [3.05, 3.63) is 11.3 Å². The van der Waals surface area contributed by atoms with Crippen LogP contribution in [0.25, 0.3) is 0 Å². The number of allylic oxidation sites excluding steroid dienone is 2. The van der Waals surface area contributed by atoms with Crippen molar-refractivity contribution in [2.75, 3.05) is 6.54 Å². The van der Waals surface area contributed by atoms with Gasteiger partial charge in [-0.3, -0.25) is 24.2 Å². The number of hydrogen-bond acceptors (Lipinski definition) is 6. The molecule has 0 radical (unpaired) electrons. The summed E-state index contributed by atoms with van der Waals surface area (Å²) < 4.78 is 0. The van der Waals surface area contributed by atoms with Crippen LogP contribution in [0.1, 0.15) is 52.9 Å². The van der Waals surface area contributed by atoms with Gasteiger partial charge in [-0.1, -0.05) is 6.92 Å². The summed E-state index contributed by atoms with van der Waals surface area (Å²) in [6, 6.07) is -0.460. The second kappa shape index (κ2) is 9.10. The van der Waals surface area contributed by atoms with Crippen LogP contribution in [-0.2, 0) is 19.2 Å². The van der Waals surface area contributed by atoms with Crippen molar-refractivity contribution in [1.29, 1.82) is 0 Å². The van der Waals surface area contributed by atoms with Crippen LogP contribution in [0.15, 0.2) is 16.3 Å². The van der Waals surface area contributed by atoms with Crippen LogP contribution in [-0.4, -0.2) is 41.6 Å². The molecule has 0 aromatic rings. The maximum atomic E-state index is 11.9. The van der Waals surface area contributed by atoms with Gasteiger partial charge in [0.2, 0.25) is 5.91 Å². The Morgan fingerprint density at radius 2 is 1.96 bits per heavy atom. The first-order valence-corrected chi connectivity index (χ1v) is 8.15. The minimum Gasteiger partial charge on any atom is -0.396 e. The normalized spacial score (nSPS) is 16.8. The van der Waals surface area contributed by atoms with Gasteiger partial charge in [-0.2, -0.15) is 0 Å². The molecule has 1 aliphatic carbocycles. The van der Waals surface area contributed by atoms with Crippen LogP contribution in [0.4, 0.5) is 0 Å². The number of nitrogens with zero attached hydrogens (tertiary/aromatic N) is 1. The fourth-order valence-electron chi connectivity index (χ4n) is 2.42. The highest BCUT2D eigenvalue weighted by Crippen LogP contribution is 2.21. The summed E-state index contributed by atoms with van der Waals surface area (Å²) in [5.41, 5.74) is 6.56. The summed E-state index contributed by atoms with van der Waals surface area (Å²) in [6.07, 6.45) is 1.96. The van der Waals surface area contributed by atoms with Crippen LogP contribution in [0.5, 0.6) is 0 Å². The summed E-state index contributed by atoms with van der Waals surface area (Å²) in [7, 11) is 0. The van der Waals surface area contributed by atoms with Gasteiger partial charge in [0.1, 0.15) is 5.71 Å². The van der Waals surface area contributed by atoms with E-state index in [0.717, 1.165) is 0 Å². The number of carbonyl (C=O) groups is 4. The molecule has 7 heteroatoms. The molecule has 1 atom stereocenters. The topological polar surface area (TPSA) is 119 Å². The van der Waals surface area contributed by atoms with Gasteiger partial charge in [-0.15, -0.1) is 0 Å². The highest BCUT2D eigenvalue weighted by Gasteiger charge is 2.24. The molecular formula is C17H25N3O4. The molecule has 132 valence electrons. The third-order valence-corrected chi connectivity index (χ3v) is 3.78. The van der Waals surface area contributed by atoms with Gasteiger partial charge in [0.05, 0.1) is 18.3 Å². The molecule has 1 unspecified atom stereocenters. The Hall–Kier alpha value is -2.31. The zero-order valence-electron chi connectivity index (χ0n) is 14.5. The van der Waals surface area contributed by atoms with E-state index in [1.165, 1.54) is 6.92 Å². The maximum absolute atomic E-state index is 11.9. The van der Waals surface area contributed by atoms with Gasteiger partial charge in [-0.25, -0.2) is 0 Å². The van der Waals surface area contributed by atoms with E-state index >= 15 is 0 Å². The Morgan fingerprint density at radius 1 is 1.29 bits per heavy atom. The Bertz CT molecular complexity index is 605. The van der Waals surface area contributed by atoms with Crippen LogP contribution >= 0.6 is 0 Å². The van der Waals surface area contributed by atoms with E-state index in [1.807, 2.05) is 0 Å². The summed E-state index contributed by atoms with van der Waals surface area (Å²) >= 11 is 0. The molecule has 3 N–H and O–H groups in total. The molecule has 0 saturated carbocycles. The predicted octanol–water partition coefficient (Wildman–Crippen LogP) is 0.856. The molecule has 0 fully saturated rings. The Kier molecular flexibility index (Phi) is 7.48. The largest absolute Gasteiger partial charge is 0.396 e. The SMILES string of the molecule is CCC(=O)CNC(=O)CC(C)/N=C(/C(C)=O)C1=C(N)C(=O)CCC1. The molecule has 1 amide bonds. The highest BCUT2D eigenvalue weighted by molar-refractivity contribution is 6.46. The molecule has 0 heterocycles. The van der Waals surface area contributed by atoms with E-state index in [0.29, 0.717) is 31.3 Å². The first-order valence-electron chi connectivity index (χ1n) is 8.15. The van der Waals surface area contributed by atoms with E-state index < -0.39 is 6.04 Å². The quantitative estimate of drug-likeness (QED) is 0.638. The van der Waals surface area contributed by atoms with E-state index in [9.17, 15) is 19.2 Å². The summed E-state index contributed by atoms with van der Waals surface area (Å²) in [4.78, 5) is 50.9. The summed E-state index contributed by atoms with van der Waals surface area (Å²) in [6.45, 7) is 4.79. The molecule has 0 aromatic carbocycles. The first-order chi connectivity index (χ1) is 11.3. The molecule has 1 rings (SSSR count). The molecule has 0 bridgehead atoms. The molecule has 7 nitrogen and oxygen atoms in total. The third kappa shape index (κ3) is 5.72. The second-order valence-corrected chi connectivity index (χ2v) is 5.92. The molecular weight excluding hydrogens is 310 g/mol. The van der Waals surface area contributed by atoms with Crippen LogP contribution in [0.2, 0.25) is 0 Å². The smallest absolute Gasteiger partial charge is 0.222 e. The summed E-state index contributed by atoms with van der Waals surface area (Å²) in [5, 5.41) is 2.53. The lowest BCUT2D eigenvalue weighted by atomic mass is 9.90. The monoisotopic (exact) mass is 335 g/mol. The van der Waals surface area contributed by atoms with Crippen LogP contribution in [0.3, 0.4) is 0 Å². The Morgan fingerprint density at radius 3 is 2.54 bits per heavy atom. The van der Waals surface area contributed by atoms with Crippen molar-refractivity contribution in [2.24, 2.45) is 10.7 Å². The minimum absolute atomic E-state index is 0.00205. The van der Waals surface area contributed by atoms with Crippen molar-refractivity contribution in [2.45, 2.75) is 58.9 Å². The van der Waals surface area contributed by atoms with Crippen molar-refractivity contribution in [1.82, 2.24) is 5.32 Å². The lowest BCUT2D eigenvalue weighted by Crippen LogP contribution is -2.31. The molecule has 0 saturated heterocycles. The van der Waals surface area contributed by atoms with Crippen LogP contribution in [0, 0.1) is 0 Å². The molecule has 0 spiro atoms. The van der Waals surface area contributed by atoms with Crippen molar-refractivity contribution in [3.63, 3.8) is 0 Å². The van der Waals surface area contributed by atoms with Gasteiger partial charge < -0.3 is 11.1 Å². The number of nitrogens with two attached hydrogens (primary N) is 1. The number of nitrogens with one attached hydrogen (secondary N) is 1. The molecule has 0 aliphatic heterocycles. The zero-order valence-corrected chi connectivity index (χ0v) is 14.5. The van der Waals surface area contributed by atoms with Crippen molar-refractivity contribution < 1.29 is 19.2 Å². The number of Topliss-reactive ketones (excluding diaryl/α,β-unsaturated/α-hetero) is 3. The standard InChI is InChI=1S/C17H25N3O4/c1-4-12(22)9-19-15(24)8-10(2)20-17(11(3)21)13-6-5-7-14(23)16(13)18/h10H,4-9,18H2,1-3H3,(H,19,24)/b20-17-. The second-order valence-electron chi connectivity index (χ2n) is 5.92. The average Bonchev–Trinajstić information content (AvgIpc) is 2.53. The fourth-order valence-corrected chi connectivity index (χ4v) is 2.42. The highest BCUT2D eigenvalue weighted by atomic mass is 16.2. The number of hydrogen-bond donors (Lipinski definition) is 2. The molecule has 1 aliphatic rings. The Labute approximate surface area is 141 Å². The van der Waals surface area contributed by atoms with E-state index in [2.05, 4.69) is 10.3 Å². The number of amides is 1. The number of ketones is 3. The lowest BCUT2D eigenvalue weighted by Gasteiger charge is -2.18.